The number of carbonyl (C=O) groups is 2. The second kappa shape index (κ2) is 6.08. The van der Waals surface area contributed by atoms with E-state index in [0.717, 1.165) is 17.7 Å². The third-order valence-corrected chi connectivity index (χ3v) is 3.90. The van der Waals surface area contributed by atoms with Crippen LogP contribution in [0.1, 0.15) is 15.9 Å². The van der Waals surface area contributed by atoms with Gasteiger partial charge in [0.2, 0.25) is 5.91 Å². The zero-order chi connectivity index (χ0) is 16.4. The van der Waals surface area contributed by atoms with Crippen LogP contribution in [0.15, 0.2) is 47.4 Å². The predicted octanol–water partition coefficient (Wildman–Crippen LogP) is 1.22. The number of benzene rings is 1. The Hall–Kier alpha value is -2.89. The lowest BCUT2D eigenvalue weighted by molar-refractivity contribution is -0.119. The minimum atomic E-state index is -0.544. The highest BCUT2D eigenvalue weighted by Gasteiger charge is 2.24. The molecule has 1 aliphatic rings. The van der Waals surface area contributed by atoms with Crippen LogP contribution in [0.5, 0.6) is 0 Å². The van der Waals surface area contributed by atoms with Crippen LogP contribution in [-0.2, 0) is 22.5 Å². The van der Waals surface area contributed by atoms with Gasteiger partial charge in [0.15, 0.2) is 0 Å². The number of carbonyl (C=O) groups excluding carboxylic acids is 2. The fraction of sp³-hybridized carbons (Fsp3) is 0.235. The number of ether oxygens (including phenoxy) is 1. The monoisotopic (exact) mass is 312 g/mol. The molecule has 1 aliphatic heterocycles. The first kappa shape index (κ1) is 15.0. The van der Waals surface area contributed by atoms with Crippen LogP contribution in [0.4, 0.5) is 5.69 Å². The van der Waals surface area contributed by atoms with Crippen LogP contribution < -0.4 is 10.5 Å². The van der Waals surface area contributed by atoms with Crippen LogP contribution in [0.25, 0.3) is 0 Å². The Morgan fingerprint density at radius 1 is 1.17 bits per heavy atom. The van der Waals surface area contributed by atoms with E-state index in [1.165, 1.54) is 30.0 Å². The molecule has 0 saturated heterocycles. The first-order valence-electron chi connectivity index (χ1n) is 7.27. The van der Waals surface area contributed by atoms with E-state index in [0.29, 0.717) is 6.54 Å². The number of aromatic nitrogens is 1. The first-order chi connectivity index (χ1) is 11.1. The quantitative estimate of drug-likeness (QED) is 0.799. The summed E-state index contributed by atoms with van der Waals surface area (Å²) in [6.45, 7) is 0.488. The lowest BCUT2D eigenvalue weighted by Gasteiger charge is -2.18. The predicted molar refractivity (Wildman–Crippen MR) is 84.5 cm³/mol. The number of fused-ring (bicyclic) bond motifs is 1. The second-order valence-corrected chi connectivity index (χ2v) is 5.30. The maximum Gasteiger partial charge on any atom is 0.339 e. The summed E-state index contributed by atoms with van der Waals surface area (Å²) < 4.78 is 5.86. The summed E-state index contributed by atoms with van der Waals surface area (Å²) in [6.07, 6.45) is 2.16. The SMILES string of the molecule is COC(=O)c1ccc(=O)n(CC(=O)N2CCc3ccccc32)c1. The Morgan fingerprint density at radius 3 is 2.74 bits per heavy atom. The molecule has 1 amide bonds. The van der Waals surface area contributed by atoms with Crippen molar-refractivity contribution in [1.82, 2.24) is 4.57 Å². The van der Waals surface area contributed by atoms with Crippen molar-refractivity contribution in [1.29, 1.82) is 0 Å². The van der Waals surface area contributed by atoms with Gasteiger partial charge in [-0.3, -0.25) is 9.59 Å². The van der Waals surface area contributed by atoms with Crippen molar-refractivity contribution in [2.75, 3.05) is 18.6 Å². The maximum absolute atomic E-state index is 12.5. The molecule has 2 heterocycles. The van der Waals surface area contributed by atoms with Gasteiger partial charge in [-0.2, -0.15) is 0 Å². The minimum Gasteiger partial charge on any atom is -0.465 e. The molecule has 1 aromatic heterocycles. The smallest absolute Gasteiger partial charge is 0.339 e. The molecule has 0 bridgehead atoms. The van der Waals surface area contributed by atoms with Crippen molar-refractivity contribution in [2.24, 2.45) is 0 Å². The molecule has 3 rings (SSSR count). The van der Waals surface area contributed by atoms with Gasteiger partial charge in [0.05, 0.1) is 12.7 Å². The molecule has 0 fully saturated rings. The van der Waals surface area contributed by atoms with Gasteiger partial charge in [-0.05, 0) is 24.1 Å². The van der Waals surface area contributed by atoms with E-state index in [4.69, 9.17) is 0 Å². The van der Waals surface area contributed by atoms with E-state index in [1.54, 1.807) is 4.90 Å². The molecule has 1 aromatic carbocycles. The summed E-state index contributed by atoms with van der Waals surface area (Å²) >= 11 is 0. The number of nitrogens with zero attached hydrogens (tertiary/aromatic N) is 2. The van der Waals surface area contributed by atoms with Crippen LogP contribution in [0.2, 0.25) is 0 Å². The molecule has 6 nitrogen and oxygen atoms in total. The summed E-state index contributed by atoms with van der Waals surface area (Å²) in [5.41, 5.74) is 1.91. The summed E-state index contributed by atoms with van der Waals surface area (Å²) in [5.74, 6) is -0.725. The van der Waals surface area contributed by atoms with Gasteiger partial charge in [-0.25, -0.2) is 4.79 Å². The van der Waals surface area contributed by atoms with E-state index in [9.17, 15) is 14.4 Å². The first-order valence-corrected chi connectivity index (χ1v) is 7.27. The fourth-order valence-electron chi connectivity index (χ4n) is 2.72. The molecule has 6 heteroatoms. The standard InChI is InChI=1S/C17H16N2O4/c1-23-17(22)13-6-7-15(20)18(10-13)11-16(21)19-9-8-12-4-2-3-5-14(12)19/h2-7,10H,8-9,11H2,1H3. The van der Waals surface area contributed by atoms with E-state index in [2.05, 4.69) is 4.74 Å². The number of pyridine rings is 1. The Balaban J connectivity index is 1.84. The number of esters is 1. The van der Waals surface area contributed by atoms with Crippen molar-refractivity contribution in [2.45, 2.75) is 13.0 Å². The third kappa shape index (κ3) is 2.88. The van der Waals surface area contributed by atoms with E-state index in [-0.39, 0.29) is 23.6 Å². The normalized spacial score (nSPS) is 12.8. The molecule has 0 radical (unpaired) electrons. The third-order valence-electron chi connectivity index (χ3n) is 3.90. The topological polar surface area (TPSA) is 68.6 Å². The van der Waals surface area contributed by atoms with Gasteiger partial charge in [-0.15, -0.1) is 0 Å². The van der Waals surface area contributed by atoms with Crippen molar-refractivity contribution < 1.29 is 14.3 Å². The Labute approximate surface area is 132 Å². The zero-order valence-electron chi connectivity index (χ0n) is 12.7. The molecule has 0 N–H and O–H groups in total. The average Bonchev–Trinajstić information content (AvgIpc) is 3.00. The van der Waals surface area contributed by atoms with Gasteiger partial charge < -0.3 is 14.2 Å². The summed E-state index contributed by atoms with van der Waals surface area (Å²) in [4.78, 5) is 37.7. The molecule has 0 spiro atoms. The van der Waals surface area contributed by atoms with Gasteiger partial charge in [-0.1, -0.05) is 18.2 Å². The summed E-state index contributed by atoms with van der Waals surface area (Å²) in [6, 6.07) is 10.4. The largest absolute Gasteiger partial charge is 0.465 e. The van der Waals surface area contributed by atoms with Gasteiger partial charge in [0, 0.05) is 24.5 Å². The van der Waals surface area contributed by atoms with Gasteiger partial charge in [0.1, 0.15) is 6.54 Å². The van der Waals surface area contributed by atoms with Crippen LogP contribution >= 0.6 is 0 Å². The molecule has 0 unspecified atom stereocenters. The number of hydrogen-bond acceptors (Lipinski definition) is 4. The highest BCUT2D eigenvalue weighted by molar-refractivity contribution is 5.95. The number of amides is 1. The average molecular weight is 312 g/mol. The maximum atomic E-state index is 12.5. The van der Waals surface area contributed by atoms with E-state index < -0.39 is 5.97 Å². The van der Waals surface area contributed by atoms with Crippen LogP contribution in [0.3, 0.4) is 0 Å². The fourth-order valence-corrected chi connectivity index (χ4v) is 2.72. The van der Waals surface area contributed by atoms with E-state index in [1.807, 2.05) is 24.3 Å². The van der Waals surface area contributed by atoms with Crippen molar-refractivity contribution in [3.05, 3.63) is 64.1 Å². The molecule has 118 valence electrons. The number of para-hydroxylation sites is 1. The minimum absolute atomic E-state index is 0.113. The molecule has 0 saturated carbocycles. The molecular formula is C17H16N2O4. The number of rotatable bonds is 3. The van der Waals surface area contributed by atoms with Crippen molar-refractivity contribution in [3.8, 4) is 0 Å². The number of methoxy groups -OCH3 is 1. The second-order valence-electron chi connectivity index (χ2n) is 5.30. The van der Waals surface area contributed by atoms with Crippen molar-refractivity contribution in [3.63, 3.8) is 0 Å². The molecular weight excluding hydrogens is 296 g/mol. The van der Waals surface area contributed by atoms with Gasteiger partial charge >= 0.3 is 5.97 Å². The Morgan fingerprint density at radius 2 is 1.96 bits per heavy atom. The lowest BCUT2D eigenvalue weighted by Crippen LogP contribution is -2.35. The number of anilines is 1. The Bertz CT molecular complexity index is 825. The van der Waals surface area contributed by atoms with Crippen LogP contribution in [-0.4, -0.2) is 30.1 Å². The highest BCUT2D eigenvalue weighted by Crippen LogP contribution is 2.27. The van der Waals surface area contributed by atoms with E-state index >= 15 is 0 Å². The lowest BCUT2D eigenvalue weighted by atomic mass is 10.2. The number of hydrogen-bond donors (Lipinski definition) is 0. The summed E-state index contributed by atoms with van der Waals surface area (Å²) in [7, 11) is 1.27. The van der Waals surface area contributed by atoms with Crippen molar-refractivity contribution >= 4 is 17.6 Å². The highest BCUT2D eigenvalue weighted by atomic mass is 16.5. The molecule has 0 aliphatic carbocycles. The van der Waals surface area contributed by atoms with Crippen LogP contribution in [0, 0.1) is 0 Å². The Kier molecular flexibility index (Phi) is 3.97. The summed E-state index contributed by atoms with van der Waals surface area (Å²) in [5, 5.41) is 0. The molecule has 23 heavy (non-hydrogen) atoms. The van der Waals surface area contributed by atoms with Gasteiger partial charge in [0.25, 0.3) is 5.56 Å². The molecule has 0 atom stereocenters. The molecule has 2 aromatic rings. The zero-order valence-corrected chi connectivity index (χ0v) is 12.7.